The standard InChI is InChI=1S/C20H21ClN4O5S2/c1-11(16(26)27)31-15-8-22-17(32-15)23-18(28)25-10-20(5-6-24(9-20)19(29)30-2)13-7-12(21)3-4-14(13)25/h3-4,7-8,11H,5-6,9-10H2,1-2H3,(H,26,27)(H,22,23,28). The maximum absolute atomic E-state index is 13.2. The van der Waals surface area contributed by atoms with Gasteiger partial charge in [-0.1, -0.05) is 34.7 Å². The van der Waals surface area contributed by atoms with Gasteiger partial charge in [-0.2, -0.15) is 0 Å². The first-order valence-corrected chi connectivity index (χ1v) is 11.9. The number of benzene rings is 1. The number of amides is 3. The van der Waals surface area contributed by atoms with Crippen molar-refractivity contribution in [2.45, 2.75) is 28.2 Å². The average Bonchev–Trinajstić information content (AvgIpc) is 3.46. The Morgan fingerprint density at radius 1 is 1.38 bits per heavy atom. The van der Waals surface area contributed by atoms with Crippen molar-refractivity contribution in [2.75, 3.05) is 37.0 Å². The molecule has 9 nitrogen and oxygen atoms in total. The van der Waals surface area contributed by atoms with Gasteiger partial charge in [0.05, 0.1) is 17.5 Å². The summed E-state index contributed by atoms with van der Waals surface area (Å²) in [5.41, 5.74) is 1.24. The van der Waals surface area contributed by atoms with E-state index >= 15 is 0 Å². The Morgan fingerprint density at radius 3 is 2.88 bits per heavy atom. The maximum atomic E-state index is 13.2. The van der Waals surface area contributed by atoms with Crippen molar-refractivity contribution in [1.82, 2.24) is 9.88 Å². The van der Waals surface area contributed by atoms with E-state index in [1.807, 2.05) is 12.1 Å². The van der Waals surface area contributed by atoms with E-state index in [4.69, 9.17) is 21.4 Å². The summed E-state index contributed by atoms with van der Waals surface area (Å²) >= 11 is 8.65. The molecule has 12 heteroatoms. The van der Waals surface area contributed by atoms with E-state index in [2.05, 4.69) is 10.3 Å². The van der Waals surface area contributed by atoms with Crippen molar-refractivity contribution < 1.29 is 24.2 Å². The van der Waals surface area contributed by atoms with E-state index in [0.29, 0.717) is 40.4 Å². The third-order valence-electron chi connectivity index (χ3n) is 5.65. The molecular weight excluding hydrogens is 476 g/mol. The molecule has 1 spiro atoms. The molecule has 0 saturated carbocycles. The smallest absolute Gasteiger partial charge is 0.409 e. The highest BCUT2D eigenvalue weighted by Gasteiger charge is 2.50. The summed E-state index contributed by atoms with van der Waals surface area (Å²) in [6, 6.07) is 5.05. The fourth-order valence-electron chi connectivity index (χ4n) is 4.08. The number of fused-ring (bicyclic) bond motifs is 2. The number of carbonyl (C=O) groups is 3. The molecule has 0 radical (unpaired) electrons. The minimum Gasteiger partial charge on any atom is -0.480 e. The zero-order chi connectivity index (χ0) is 23.0. The lowest BCUT2D eigenvalue weighted by Gasteiger charge is -2.25. The number of halogens is 1. The fraction of sp³-hybridized carbons (Fsp3) is 0.400. The van der Waals surface area contributed by atoms with Gasteiger partial charge >= 0.3 is 18.1 Å². The van der Waals surface area contributed by atoms with Gasteiger partial charge in [-0.3, -0.25) is 15.0 Å². The van der Waals surface area contributed by atoms with Gasteiger partial charge in [-0.25, -0.2) is 14.6 Å². The normalized spacial score (nSPS) is 20.3. The van der Waals surface area contributed by atoms with E-state index in [0.717, 1.165) is 11.3 Å². The van der Waals surface area contributed by atoms with Crippen LogP contribution < -0.4 is 10.2 Å². The number of hydrogen-bond acceptors (Lipinski definition) is 7. The third kappa shape index (κ3) is 4.24. The van der Waals surface area contributed by atoms with E-state index in [1.165, 1.54) is 30.2 Å². The molecular formula is C20H21ClN4O5S2. The van der Waals surface area contributed by atoms with Gasteiger partial charge in [0, 0.05) is 35.8 Å². The lowest BCUT2D eigenvalue weighted by atomic mass is 9.81. The Hall–Kier alpha value is -2.50. The molecule has 2 N–H and O–H groups in total. The maximum Gasteiger partial charge on any atom is 0.409 e. The van der Waals surface area contributed by atoms with Crippen LogP contribution in [0.1, 0.15) is 18.9 Å². The number of urea groups is 1. The number of likely N-dealkylation sites (tertiary alicyclic amines) is 1. The van der Waals surface area contributed by atoms with Crippen molar-refractivity contribution in [2.24, 2.45) is 0 Å². The summed E-state index contributed by atoms with van der Waals surface area (Å²) in [6.45, 7) is 2.95. The number of methoxy groups -OCH3 is 1. The quantitative estimate of drug-likeness (QED) is 0.612. The number of nitrogens with zero attached hydrogens (tertiary/aromatic N) is 3. The van der Waals surface area contributed by atoms with Crippen molar-refractivity contribution in [3.8, 4) is 0 Å². The van der Waals surface area contributed by atoms with Crippen LogP contribution in [0.3, 0.4) is 0 Å². The van der Waals surface area contributed by atoms with Crippen LogP contribution in [0.4, 0.5) is 20.4 Å². The molecule has 3 heterocycles. The van der Waals surface area contributed by atoms with Crippen molar-refractivity contribution in [3.63, 3.8) is 0 Å². The lowest BCUT2D eigenvalue weighted by molar-refractivity contribution is -0.136. The SMILES string of the molecule is COC(=O)N1CCC2(C1)CN(C(=O)Nc1ncc(SC(C)C(=O)O)s1)c1ccc(Cl)cc12. The number of aromatic nitrogens is 1. The zero-order valence-corrected chi connectivity index (χ0v) is 19.7. The Kier molecular flexibility index (Phi) is 6.24. The number of carboxylic acids is 1. The second-order valence-corrected chi connectivity index (χ2v) is 10.8. The van der Waals surface area contributed by atoms with Gasteiger partial charge in [0.1, 0.15) is 5.25 Å². The summed E-state index contributed by atoms with van der Waals surface area (Å²) in [7, 11) is 1.35. The molecule has 1 fully saturated rings. The Balaban J connectivity index is 1.53. The molecule has 3 amide bonds. The molecule has 2 atom stereocenters. The first-order valence-electron chi connectivity index (χ1n) is 9.79. The molecule has 32 heavy (non-hydrogen) atoms. The molecule has 1 aromatic heterocycles. The van der Waals surface area contributed by atoms with Crippen LogP contribution in [0.5, 0.6) is 0 Å². The van der Waals surface area contributed by atoms with Crippen molar-refractivity contribution >= 4 is 63.6 Å². The predicted octanol–water partition coefficient (Wildman–Crippen LogP) is 4.12. The number of aliphatic carboxylic acids is 1. The first-order chi connectivity index (χ1) is 15.2. The van der Waals surface area contributed by atoms with Gasteiger partial charge in [-0.05, 0) is 37.1 Å². The van der Waals surface area contributed by atoms with Gasteiger partial charge in [0.2, 0.25) is 0 Å². The number of nitrogens with one attached hydrogen (secondary N) is 1. The molecule has 2 unspecified atom stereocenters. The molecule has 0 aliphatic carbocycles. The molecule has 0 bridgehead atoms. The zero-order valence-electron chi connectivity index (χ0n) is 17.3. The largest absolute Gasteiger partial charge is 0.480 e. The number of anilines is 2. The number of carbonyl (C=O) groups excluding carboxylic acids is 2. The Labute approximate surface area is 197 Å². The number of carboxylic acid groups (broad SMARTS) is 1. The number of hydrogen-bond donors (Lipinski definition) is 2. The third-order valence-corrected chi connectivity index (χ3v) is 8.03. The molecule has 1 aromatic carbocycles. The summed E-state index contributed by atoms with van der Waals surface area (Å²) in [5.74, 6) is -0.913. The number of rotatable bonds is 4. The highest BCUT2D eigenvalue weighted by molar-refractivity contribution is 8.02. The van der Waals surface area contributed by atoms with Crippen LogP contribution in [-0.2, 0) is 14.9 Å². The average molecular weight is 497 g/mol. The van der Waals surface area contributed by atoms with E-state index in [1.54, 1.807) is 29.0 Å². The monoisotopic (exact) mass is 496 g/mol. The van der Waals surface area contributed by atoms with Gasteiger partial charge in [-0.15, -0.1) is 0 Å². The molecule has 2 aromatic rings. The van der Waals surface area contributed by atoms with Gasteiger partial charge in [0.15, 0.2) is 5.13 Å². The number of thioether (sulfide) groups is 1. The highest BCUT2D eigenvalue weighted by atomic mass is 35.5. The summed E-state index contributed by atoms with van der Waals surface area (Å²) in [5, 5.41) is 12.2. The molecule has 2 aliphatic heterocycles. The van der Waals surface area contributed by atoms with Crippen LogP contribution in [0, 0.1) is 0 Å². The second-order valence-electron chi connectivity index (χ2n) is 7.68. The van der Waals surface area contributed by atoms with Crippen LogP contribution in [0.25, 0.3) is 0 Å². The van der Waals surface area contributed by atoms with Gasteiger partial charge in [0.25, 0.3) is 0 Å². The van der Waals surface area contributed by atoms with Crippen LogP contribution >= 0.6 is 34.7 Å². The van der Waals surface area contributed by atoms with E-state index in [9.17, 15) is 14.4 Å². The molecule has 4 rings (SSSR count). The Morgan fingerprint density at radius 2 is 2.16 bits per heavy atom. The highest BCUT2D eigenvalue weighted by Crippen LogP contribution is 2.47. The molecule has 170 valence electrons. The van der Waals surface area contributed by atoms with Crippen LogP contribution in [0.15, 0.2) is 28.6 Å². The summed E-state index contributed by atoms with van der Waals surface area (Å²) in [4.78, 5) is 43.7. The fourth-order valence-corrected chi connectivity index (χ4v) is 6.22. The summed E-state index contributed by atoms with van der Waals surface area (Å²) < 4.78 is 5.57. The van der Waals surface area contributed by atoms with Gasteiger partial charge < -0.3 is 14.7 Å². The molecule has 1 saturated heterocycles. The van der Waals surface area contributed by atoms with Crippen molar-refractivity contribution in [3.05, 3.63) is 35.0 Å². The minimum atomic E-state index is -0.913. The van der Waals surface area contributed by atoms with E-state index < -0.39 is 22.7 Å². The minimum absolute atomic E-state index is 0.348. The Bertz CT molecular complexity index is 1080. The molecule has 2 aliphatic rings. The van der Waals surface area contributed by atoms with Crippen LogP contribution in [0.2, 0.25) is 5.02 Å². The van der Waals surface area contributed by atoms with E-state index in [-0.39, 0.29) is 6.03 Å². The number of thiazole rings is 1. The first kappa shape index (κ1) is 22.7. The predicted molar refractivity (Wildman–Crippen MR) is 123 cm³/mol. The second kappa shape index (κ2) is 8.80. The lowest BCUT2D eigenvalue weighted by Crippen LogP contribution is -2.41. The topological polar surface area (TPSA) is 112 Å². The van der Waals surface area contributed by atoms with Crippen LogP contribution in [-0.4, -0.2) is 65.1 Å². The van der Waals surface area contributed by atoms with Crippen molar-refractivity contribution in [1.29, 1.82) is 0 Å². The summed E-state index contributed by atoms with van der Waals surface area (Å²) in [6.07, 6.45) is 1.84. The number of ether oxygens (including phenoxy) is 1.